The van der Waals surface area contributed by atoms with Gasteiger partial charge in [0, 0.05) is 107 Å². The fraction of sp³-hybridized carbons (Fsp3) is 0.750. The minimum absolute atomic E-state index is 0.0567. The second kappa shape index (κ2) is 27.4. The third kappa shape index (κ3) is 14.1. The Balaban J connectivity index is 1.25. The van der Waals surface area contributed by atoms with Crippen LogP contribution < -0.4 is 14.4 Å². The van der Waals surface area contributed by atoms with Crippen molar-refractivity contribution in [2.75, 3.05) is 45.6 Å². The number of likely N-dealkylation sites (N-methyl/N-ethyl adjacent to an activating group) is 1. The van der Waals surface area contributed by atoms with Gasteiger partial charge in [0.2, 0.25) is 5.91 Å². The zero-order valence-electron chi connectivity index (χ0n) is 50.4. The normalized spacial score (nSPS) is 37.8. The lowest BCUT2D eigenvalue weighted by Crippen LogP contribution is -2.61. The van der Waals surface area contributed by atoms with Crippen LogP contribution in [0.5, 0.6) is 11.5 Å². The molecule has 82 heavy (non-hydrogen) atoms. The molecular weight excluding hydrogens is 1120 g/mol. The molecule has 0 unspecified atom stereocenters. The molecule has 5 aliphatic rings. The van der Waals surface area contributed by atoms with Crippen molar-refractivity contribution < 1.29 is 76.8 Å². The number of carbonyl (C=O) groups is 4. The average Bonchev–Trinajstić information content (AvgIpc) is 4.08. The van der Waals surface area contributed by atoms with Gasteiger partial charge in [0.15, 0.2) is 29.7 Å². The maximum absolute atomic E-state index is 15.4. The summed E-state index contributed by atoms with van der Waals surface area (Å²) < 4.78 is 64.1. The van der Waals surface area contributed by atoms with E-state index in [1.807, 2.05) is 45.9 Å². The van der Waals surface area contributed by atoms with Gasteiger partial charge in [-0.15, -0.1) is 11.8 Å². The molecule has 1 amide bonds. The number of anilines is 1. The van der Waals surface area contributed by atoms with Crippen LogP contribution in [0.3, 0.4) is 0 Å². The maximum atomic E-state index is 15.4. The summed E-state index contributed by atoms with van der Waals surface area (Å²) in [4.78, 5) is 65.7. The van der Waals surface area contributed by atoms with Crippen molar-refractivity contribution in [2.45, 2.75) is 217 Å². The van der Waals surface area contributed by atoms with Gasteiger partial charge in [0.05, 0.1) is 70.8 Å². The van der Waals surface area contributed by atoms with E-state index < -0.39 is 125 Å². The van der Waals surface area contributed by atoms with E-state index in [0.29, 0.717) is 45.8 Å². The molecule has 5 heterocycles. The number of carbonyl (C=O) groups excluding carboxylic acids is 4. The predicted octanol–water partition coefficient (Wildman–Crippen LogP) is 8.63. The van der Waals surface area contributed by atoms with E-state index in [4.69, 9.17) is 70.6 Å². The van der Waals surface area contributed by atoms with Gasteiger partial charge in [0.25, 0.3) is 0 Å². The van der Waals surface area contributed by atoms with Crippen molar-refractivity contribution >= 4 is 64.3 Å². The highest BCUT2D eigenvalue weighted by atomic mass is 35.5. The minimum Gasteiger partial charge on any atom is -0.493 e. The number of rotatable bonds is 17. The first kappa shape index (κ1) is 66.0. The number of amides is 1. The molecule has 1 aliphatic carbocycles. The summed E-state index contributed by atoms with van der Waals surface area (Å²) in [6.07, 6.45) is -1.52. The van der Waals surface area contributed by atoms with Crippen LogP contribution in [0.25, 0.3) is 0 Å². The van der Waals surface area contributed by atoms with Crippen LogP contribution in [0, 0.1) is 29.6 Å². The molecule has 2 N–H and O–H groups in total. The molecule has 4 saturated heterocycles. The van der Waals surface area contributed by atoms with Crippen LogP contribution >= 0.6 is 35.0 Å². The number of ketones is 1. The molecule has 0 radical (unpaired) electrons. The Labute approximate surface area is 498 Å². The minimum atomic E-state index is -1.51. The van der Waals surface area contributed by atoms with Crippen LogP contribution in [-0.2, 0) is 63.6 Å². The predicted molar refractivity (Wildman–Crippen MR) is 310 cm³/mol. The van der Waals surface area contributed by atoms with Crippen LogP contribution in [0.2, 0.25) is 10.0 Å². The smallest absolute Gasteiger partial charge is 0.320 e. The number of aliphatic hydroxyl groups is 2. The quantitative estimate of drug-likeness (QED) is 0.142. The maximum Gasteiger partial charge on any atom is 0.320 e. The molecule has 1 aromatic carbocycles. The third-order valence-electron chi connectivity index (χ3n) is 18.5. The number of ether oxygens (including phenoxy) is 10. The van der Waals surface area contributed by atoms with E-state index >= 15 is 9.59 Å². The van der Waals surface area contributed by atoms with Crippen LogP contribution in [-0.4, -0.2) is 174 Å². The number of thioether (sulfide) groups is 1. The van der Waals surface area contributed by atoms with Crippen LogP contribution in [0.15, 0.2) is 30.6 Å². The molecule has 19 atom stereocenters. The average molecular weight is 1210 g/mol. The first-order valence-electron chi connectivity index (χ1n) is 28.9. The van der Waals surface area contributed by atoms with Gasteiger partial charge in [-0.1, -0.05) is 44.0 Å². The molecule has 19 nitrogen and oxygen atoms in total. The summed E-state index contributed by atoms with van der Waals surface area (Å²) in [6, 6.07) is 5.07. The zero-order valence-corrected chi connectivity index (χ0v) is 52.7. The third-order valence-corrected chi connectivity index (χ3v) is 20.4. The lowest BCUT2D eigenvalue weighted by Gasteiger charge is -2.50. The van der Waals surface area contributed by atoms with Crippen molar-refractivity contribution in [1.82, 2.24) is 9.88 Å². The summed E-state index contributed by atoms with van der Waals surface area (Å²) in [5.41, 5.74) is -2.54. The number of Topliss-reactive ketones (excluding diaryl/α,β-unsaturated/α-hetero) is 1. The number of esters is 2. The zero-order chi connectivity index (χ0) is 60.3. The van der Waals surface area contributed by atoms with Gasteiger partial charge in [-0.25, -0.2) is 0 Å². The SMILES string of the molecule is COc1ccc(N(CCS[C@@H]2C(=O)O[C@@]3(C)[C@H]2[C@@H](C)C(=O)[C@H](C)C[C@@](C)(OC)[C@H](O[C@@H]2O[C@H](C)C[C@H](N(C)C(C)=O)[C@H]2O)[C@@H](C)[C@H](O[C@H]2C[C@@](C)(OC)[C@@H](O)[C@H](C)O2)[C@@H](C)C(=O)O[C@@H]3C)Cc2c(Cl)cncc2Cl)cc1OC1CCCC1. The highest BCUT2D eigenvalue weighted by molar-refractivity contribution is 8.00. The van der Waals surface area contributed by atoms with Gasteiger partial charge in [-0.2, -0.15) is 0 Å². The van der Waals surface area contributed by atoms with Gasteiger partial charge >= 0.3 is 11.9 Å². The number of methoxy groups -OCH3 is 3. The van der Waals surface area contributed by atoms with Crippen molar-refractivity contribution in [2.24, 2.45) is 29.6 Å². The summed E-state index contributed by atoms with van der Waals surface area (Å²) in [5.74, 6) is -4.49. The first-order valence-corrected chi connectivity index (χ1v) is 30.7. The summed E-state index contributed by atoms with van der Waals surface area (Å²) in [6.45, 7) is 19.7. The molecule has 4 aliphatic heterocycles. The molecule has 2 aromatic rings. The number of hydrogen-bond acceptors (Lipinski definition) is 19. The van der Waals surface area contributed by atoms with Crippen molar-refractivity contribution in [1.29, 1.82) is 0 Å². The van der Waals surface area contributed by atoms with Gasteiger partial charge < -0.3 is 67.4 Å². The Morgan fingerprint density at radius 3 is 2.15 bits per heavy atom. The number of pyridine rings is 1. The Hall–Kier alpha value is -3.54. The Morgan fingerprint density at radius 1 is 0.866 bits per heavy atom. The fourth-order valence-electron chi connectivity index (χ4n) is 13.1. The number of halogens is 2. The van der Waals surface area contributed by atoms with Crippen LogP contribution in [0.1, 0.15) is 127 Å². The first-order chi connectivity index (χ1) is 38.6. The van der Waals surface area contributed by atoms with Crippen molar-refractivity contribution in [3.05, 3.63) is 46.2 Å². The number of benzene rings is 1. The molecule has 22 heteroatoms. The monoisotopic (exact) mass is 1210 g/mol. The van der Waals surface area contributed by atoms with Gasteiger partial charge in [0.1, 0.15) is 29.3 Å². The second-order valence-electron chi connectivity index (χ2n) is 24.2. The summed E-state index contributed by atoms with van der Waals surface area (Å²) in [7, 11) is 6.23. The van der Waals surface area contributed by atoms with E-state index in [0.717, 1.165) is 31.4 Å². The fourth-order valence-corrected chi connectivity index (χ4v) is 15.1. The van der Waals surface area contributed by atoms with Crippen LogP contribution in [0.4, 0.5) is 5.69 Å². The number of fused-ring (bicyclic) bond motifs is 1. The number of aliphatic hydroxyl groups excluding tert-OH is 2. The molecule has 0 spiro atoms. The van der Waals surface area contributed by atoms with E-state index in [1.54, 1.807) is 68.1 Å². The van der Waals surface area contributed by atoms with Crippen molar-refractivity contribution in [3.63, 3.8) is 0 Å². The number of hydrogen-bond donors (Lipinski definition) is 2. The highest BCUT2D eigenvalue weighted by Crippen LogP contribution is 2.49. The number of cyclic esters (lactones) is 1. The van der Waals surface area contributed by atoms with Gasteiger partial charge in [-0.05, 0) is 99.1 Å². The molecule has 5 fully saturated rings. The number of nitrogens with zero attached hydrogens (tertiary/aromatic N) is 3. The summed E-state index contributed by atoms with van der Waals surface area (Å²) in [5, 5.41) is 23.1. The number of aromatic nitrogens is 1. The van der Waals surface area contributed by atoms with Gasteiger partial charge in [-0.3, -0.25) is 24.2 Å². The summed E-state index contributed by atoms with van der Waals surface area (Å²) >= 11 is 14.9. The molecule has 1 saturated carbocycles. The highest BCUT2D eigenvalue weighted by Gasteiger charge is 2.61. The van der Waals surface area contributed by atoms with E-state index in [1.165, 1.54) is 37.8 Å². The molecule has 7 rings (SSSR count). The lowest BCUT2D eigenvalue weighted by molar-refractivity contribution is -0.319. The second-order valence-corrected chi connectivity index (χ2v) is 26.2. The molecule has 0 bridgehead atoms. The van der Waals surface area contributed by atoms with E-state index in [9.17, 15) is 19.8 Å². The van der Waals surface area contributed by atoms with E-state index in [2.05, 4.69) is 9.88 Å². The lowest BCUT2D eigenvalue weighted by atomic mass is 9.70. The largest absolute Gasteiger partial charge is 0.493 e. The molecule has 460 valence electrons. The Morgan fingerprint density at radius 2 is 1.52 bits per heavy atom. The Kier molecular flexibility index (Phi) is 22.1. The molecular formula is C60H89Cl2N3O16S. The van der Waals surface area contributed by atoms with E-state index in [-0.39, 0.29) is 37.2 Å². The van der Waals surface area contributed by atoms with Crippen molar-refractivity contribution in [3.8, 4) is 11.5 Å². The Bertz CT molecular complexity index is 2530. The standard InChI is InChI=1S/C60H89Cl2N3O16S/c1-31-26-59(10,74-15)54(80-57-50(68)44(24-32(2)75-57)64(12)38(8)66)34(4)51(79-47-27-58(9,73-14)53(69)36(6)76-47)35(5)55(70)77-37(7)60(11)48(33(3)49(31)67)52(56(71)81-60)82-23-22-65(30-41-42(61)28-63-29-43(41)62)39-20-21-45(72-13)46(25-39)78-40-18-16-17-19-40/h20-21,25,28-29,31-37,40,44,47-48,50-54,57,68-69H,16-19,22-24,26-27,30H2,1-15H3/t31-,32-,33-,34+,35-,36+,37-,44+,47+,48+,50-,51+,52+,53+,54-,57+,58-,59-,60-/m1/s1. The molecule has 1 aromatic heterocycles. The topological polar surface area (TPSA) is 220 Å².